The van der Waals surface area contributed by atoms with E-state index in [0.29, 0.717) is 5.92 Å². The summed E-state index contributed by atoms with van der Waals surface area (Å²) in [4.78, 5) is 21.0. The maximum Gasteiger partial charge on any atom is 0.327 e. The third kappa shape index (κ3) is 13.8. The van der Waals surface area contributed by atoms with Gasteiger partial charge in [-0.05, 0) is 25.8 Å². The van der Waals surface area contributed by atoms with E-state index in [4.69, 9.17) is 5.11 Å². The molecule has 0 saturated carbocycles. The Labute approximate surface area is 135 Å². The molecule has 0 bridgehead atoms. The van der Waals surface area contributed by atoms with Crippen molar-refractivity contribution in [3.63, 3.8) is 0 Å². The Morgan fingerprint density at radius 2 is 1.59 bits per heavy atom. The molecule has 0 aliphatic rings. The van der Waals surface area contributed by atoms with E-state index in [1.165, 1.54) is 38.2 Å². The zero-order chi connectivity index (χ0) is 16.6. The fourth-order valence-electron chi connectivity index (χ4n) is 2.57. The molecule has 2 N–H and O–H groups in total. The number of hydrogen-bond donors (Lipinski definition) is 2. The number of hydrogen-bond acceptors (Lipinski definition) is 3. The maximum atomic E-state index is 10.5. The lowest BCUT2D eigenvalue weighted by Gasteiger charge is -2.11. The Morgan fingerprint density at radius 3 is 2.09 bits per heavy atom. The first kappa shape index (κ1) is 20.8. The summed E-state index contributed by atoms with van der Waals surface area (Å²) in [6.45, 7) is 2.81. The summed E-state index contributed by atoms with van der Waals surface area (Å²) in [5.41, 5.74) is 0. The van der Waals surface area contributed by atoms with E-state index < -0.39 is 5.97 Å². The topological polar surface area (TPSA) is 66.4 Å². The van der Waals surface area contributed by atoms with Crippen LogP contribution >= 0.6 is 0 Å². The fourth-order valence-corrected chi connectivity index (χ4v) is 2.57. The van der Waals surface area contributed by atoms with Crippen molar-refractivity contribution in [3.8, 4) is 0 Å². The molecule has 2 atom stereocenters. The molecule has 0 unspecified atom stereocenters. The average Bonchev–Trinajstić information content (AvgIpc) is 2.50. The molecule has 0 saturated heterocycles. The molecule has 0 radical (unpaired) electrons. The molecular formula is C18H33NO3. The Hall–Kier alpha value is -1.16. The molecule has 0 aromatic carbocycles. The van der Waals surface area contributed by atoms with Crippen LogP contribution in [-0.2, 0) is 9.59 Å². The normalized spacial score (nSPS) is 14.1. The number of aldehydes is 1. The van der Waals surface area contributed by atoms with E-state index in [9.17, 15) is 9.59 Å². The number of unbranched alkanes of at least 4 members (excludes halogenated alkanes) is 6. The Morgan fingerprint density at radius 1 is 1.05 bits per heavy atom. The van der Waals surface area contributed by atoms with Gasteiger partial charge < -0.3 is 15.2 Å². The summed E-state index contributed by atoms with van der Waals surface area (Å²) in [6, 6.07) is 0. The van der Waals surface area contributed by atoms with Crippen LogP contribution in [0.4, 0.5) is 0 Å². The van der Waals surface area contributed by atoms with Crippen LogP contribution in [0.15, 0.2) is 12.2 Å². The lowest BCUT2D eigenvalue weighted by Crippen LogP contribution is -2.17. The third-order valence-corrected chi connectivity index (χ3v) is 3.94. The molecule has 0 spiro atoms. The standard InChI is InChI=1S/C18H33NO3/c1-16(15-20)10-8-6-4-3-5-7-9-11-17(14-19-2)12-13-18(21)22/h12-13,15-17,19H,3-11,14H2,1-2H3,(H,21,22)/b13-12+/t16-,17+/m1/s1. The van der Waals surface area contributed by atoms with Gasteiger partial charge in [0, 0.05) is 18.5 Å². The van der Waals surface area contributed by atoms with Gasteiger partial charge in [0.1, 0.15) is 6.29 Å². The van der Waals surface area contributed by atoms with E-state index in [-0.39, 0.29) is 5.92 Å². The molecule has 0 aromatic rings. The maximum absolute atomic E-state index is 10.5. The van der Waals surface area contributed by atoms with E-state index in [1.54, 1.807) is 6.08 Å². The molecule has 22 heavy (non-hydrogen) atoms. The zero-order valence-electron chi connectivity index (χ0n) is 14.2. The quantitative estimate of drug-likeness (QED) is 0.274. The molecule has 0 fully saturated rings. The highest BCUT2D eigenvalue weighted by Gasteiger charge is 2.04. The van der Waals surface area contributed by atoms with Gasteiger partial charge in [-0.25, -0.2) is 4.79 Å². The van der Waals surface area contributed by atoms with Crippen molar-refractivity contribution in [1.82, 2.24) is 5.32 Å². The molecule has 0 aromatic heterocycles. The predicted molar refractivity (Wildman–Crippen MR) is 91.0 cm³/mol. The molecule has 4 heteroatoms. The van der Waals surface area contributed by atoms with Crippen LogP contribution in [0.1, 0.15) is 64.7 Å². The number of carboxylic acid groups (broad SMARTS) is 1. The number of carbonyl (C=O) groups excluding carboxylic acids is 1. The fraction of sp³-hybridized carbons (Fsp3) is 0.778. The number of aliphatic carboxylic acids is 1. The summed E-state index contributed by atoms with van der Waals surface area (Å²) < 4.78 is 0. The van der Waals surface area contributed by atoms with E-state index in [0.717, 1.165) is 38.5 Å². The minimum Gasteiger partial charge on any atom is -0.478 e. The molecule has 0 aliphatic carbocycles. The Bertz CT molecular complexity index is 315. The highest BCUT2D eigenvalue weighted by atomic mass is 16.4. The summed E-state index contributed by atoms with van der Waals surface area (Å²) >= 11 is 0. The van der Waals surface area contributed by atoms with Gasteiger partial charge in [0.25, 0.3) is 0 Å². The lowest BCUT2D eigenvalue weighted by atomic mass is 9.99. The van der Waals surface area contributed by atoms with Gasteiger partial charge in [-0.1, -0.05) is 57.9 Å². The van der Waals surface area contributed by atoms with Crippen LogP contribution in [0.5, 0.6) is 0 Å². The first-order valence-corrected chi connectivity index (χ1v) is 8.61. The average molecular weight is 311 g/mol. The molecule has 4 nitrogen and oxygen atoms in total. The highest BCUT2D eigenvalue weighted by molar-refractivity contribution is 5.79. The summed E-state index contributed by atoms with van der Waals surface area (Å²) in [5.74, 6) is -0.348. The minimum absolute atomic E-state index is 0.211. The number of rotatable bonds is 15. The monoisotopic (exact) mass is 311 g/mol. The van der Waals surface area contributed by atoms with Crippen molar-refractivity contribution in [3.05, 3.63) is 12.2 Å². The molecule has 0 amide bonds. The smallest absolute Gasteiger partial charge is 0.327 e. The predicted octanol–water partition coefficient (Wildman–Crippen LogP) is 3.81. The van der Waals surface area contributed by atoms with Gasteiger partial charge in [-0.15, -0.1) is 0 Å². The second-order valence-electron chi connectivity index (χ2n) is 6.18. The molecular weight excluding hydrogens is 278 g/mol. The van der Waals surface area contributed by atoms with Crippen molar-refractivity contribution >= 4 is 12.3 Å². The first-order chi connectivity index (χ1) is 10.6. The third-order valence-electron chi connectivity index (χ3n) is 3.94. The molecule has 0 rings (SSSR count). The van der Waals surface area contributed by atoms with Gasteiger partial charge in [0.15, 0.2) is 0 Å². The van der Waals surface area contributed by atoms with E-state index in [2.05, 4.69) is 5.32 Å². The zero-order valence-corrected chi connectivity index (χ0v) is 14.2. The Balaban J connectivity index is 3.53. The molecule has 0 heterocycles. The molecule has 0 aliphatic heterocycles. The van der Waals surface area contributed by atoms with Gasteiger partial charge >= 0.3 is 5.97 Å². The number of nitrogens with one attached hydrogen (secondary N) is 1. The van der Waals surface area contributed by atoms with Crippen molar-refractivity contribution in [2.24, 2.45) is 11.8 Å². The number of carboxylic acids is 1. The van der Waals surface area contributed by atoms with Crippen molar-refractivity contribution in [2.45, 2.75) is 64.7 Å². The Kier molecular flexibility index (Phi) is 14.0. The van der Waals surface area contributed by atoms with Crippen LogP contribution in [0.3, 0.4) is 0 Å². The second kappa shape index (κ2) is 14.8. The summed E-state index contributed by atoms with van der Waals surface area (Å²) in [7, 11) is 1.90. The van der Waals surface area contributed by atoms with Gasteiger partial charge in [0.05, 0.1) is 0 Å². The van der Waals surface area contributed by atoms with Crippen molar-refractivity contribution < 1.29 is 14.7 Å². The van der Waals surface area contributed by atoms with Crippen LogP contribution in [0.2, 0.25) is 0 Å². The van der Waals surface area contributed by atoms with Crippen LogP contribution in [-0.4, -0.2) is 31.0 Å². The van der Waals surface area contributed by atoms with Gasteiger partial charge in [0.2, 0.25) is 0 Å². The van der Waals surface area contributed by atoms with Crippen LogP contribution < -0.4 is 5.32 Å². The largest absolute Gasteiger partial charge is 0.478 e. The second-order valence-corrected chi connectivity index (χ2v) is 6.18. The van der Waals surface area contributed by atoms with E-state index >= 15 is 0 Å². The van der Waals surface area contributed by atoms with Crippen molar-refractivity contribution in [1.29, 1.82) is 0 Å². The van der Waals surface area contributed by atoms with Crippen LogP contribution in [0.25, 0.3) is 0 Å². The first-order valence-electron chi connectivity index (χ1n) is 8.61. The van der Waals surface area contributed by atoms with E-state index in [1.807, 2.05) is 14.0 Å². The van der Waals surface area contributed by atoms with Gasteiger partial charge in [-0.2, -0.15) is 0 Å². The SMILES string of the molecule is CNC[C@H](/C=C/C(=O)O)CCCCCCCCC[C@@H](C)C=O. The van der Waals surface area contributed by atoms with Gasteiger partial charge in [-0.3, -0.25) is 0 Å². The number of carbonyl (C=O) groups is 2. The summed E-state index contributed by atoms with van der Waals surface area (Å²) in [6.07, 6.45) is 14.7. The molecule has 128 valence electrons. The van der Waals surface area contributed by atoms with Crippen LogP contribution in [0, 0.1) is 11.8 Å². The highest BCUT2D eigenvalue weighted by Crippen LogP contribution is 2.15. The summed E-state index contributed by atoms with van der Waals surface area (Å²) in [5, 5.41) is 11.8. The lowest BCUT2D eigenvalue weighted by molar-refractivity contribution is -0.131. The minimum atomic E-state index is -0.870. The van der Waals surface area contributed by atoms with Crippen molar-refractivity contribution in [2.75, 3.05) is 13.6 Å².